The first kappa shape index (κ1) is 20.0. The lowest BCUT2D eigenvalue weighted by Crippen LogP contribution is -2.63. The number of esters is 1. The van der Waals surface area contributed by atoms with Crippen molar-refractivity contribution in [3.8, 4) is 0 Å². The number of benzene rings is 1. The van der Waals surface area contributed by atoms with Crippen molar-refractivity contribution in [2.24, 2.45) is 0 Å². The Morgan fingerprint density at radius 2 is 1.39 bits per heavy atom. The molecule has 1 N–H and O–H groups in total. The quantitative estimate of drug-likeness (QED) is 0.426. The zero-order valence-electron chi connectivity index (χ0n) is 11.7. The van der Waals surface area contributed by atoms with Crippen LogP contribution in [0.3, 0.4) is 0 Å². The molecule has 0 unspecified atom stereocenters. The van der Waals surface area contributed by atoms with E-state index in [2.05, 4.69) is 4.74 Å². The first-order chi connectivity index (χ1) is 10.1. The van der Waals surface area contributed by atoms with Crippen LogP contribution in [-0.4, -0.2) is 29.0 Å². The van der Waals surface area contributed by atoms with E-state index in [0.29, 0.717) is 0 Å². The van der Waals surface area contributed by atoms with Gasteiger partial charge in [0.05, 0.1) is 0 Å². The number of ether oxygens (including phenoxy) is 1. The second-order valence-electron chi connectivity index (χ2n) is 5.11. The van der Waals surface area contributed by atoms with Crippen LogP contribution in [0.2, 0.25) is 0 Å². The molecule has 10 heteroatoms. The highest BCUT2D eigenvalue weighted by Gasteiger charge is 2.77. The van der Waals surface area contributed by atoms with Gasteiger partial charge in [0, 0.05) is 3.57 Å². The lowest BCUT2D eigenvalue weighted by atomic mass is 9.97. The molecular weight excluding hydrogens is 445 g/mol. The van der Waals surface area contributed by atoms with Gasteiger partial charge in [-0.25, -0.2) is 4.79 Å². The van der Waals surface area contributed by atoms with E-state index in [9.17, 15) is 31.1 Å². The number of rotatable bonds is 3. The highest BCUT2D eigenvalue weighted by molar-refractivity contribution is 14.1. The zero-order chi connectivity index (χ0) is 18.3. The summed E-state index contributed by atoms with van der Waals surface area (Å²) in [6.07, 6.45) is -12.5. The van der Waals surface area contributed by atoms with Gasteiger partial charge in [0.25, 0.3) is 0 Å². The monoisotopic (exact) mass is 456 g/mol. The van der Waals surface area contributed by atoms with Gasteiger partial charge in [-0.05, 0) is 54.1 Å². The van der Waals surface area contributed by atoms with Gasteiger partial charge in [-0.3, -0.25) is 0 Å². The summed E-state index contributed by atoms with van der Waals surface area (Å²) in [6.45, 7) is 2.22. The van der Waals surface area contributed by atoms with Crippen LogP contribution in [0.5, 0.6) is 0 Å². The SMILES string of the molecule is CC(C)(OC(=O)C(O)(C(F)(F)F)C(F)(F)F)c1ccc(I)cc1. The van der Waals surface area contributed by atoms with E-state index in [1.165, 1.54) is 24.3 Å². The van der Waals surface area contributed by atoms with Crippen LogP contribution in [-0.2, 0) is 15.1 Å². The molecule has 0 radical (unpaired) electrons. The molecular formula is C13H11F6IO3. The Balaban J connectivity index is 3.19. The van der Waals surface area contributed by atoms with Crippen LogP contribution in [0.1, 0.15) is 19.4 Å². The maximum absolute atomic E-state index is 12.6. The molecule has 1 aromatic carbocycles. The summed E-state index contributed by atoms with van der Waals surface area (Å²) >= 11 is 1.94. The summed E-state index contributed by atoms with van der Waals surface area (Å²) in [7, 11) is 0. The minimum absolute atomic E-state index is 0.165. The second-order valence-corrected chi connectivity index (χ2v) is 6.36. The van der Waals surface area contributed by atoms with Crippen molar-refractivity contribution in [3.05, 3.63) is 33.4 Å². The number of carbonyl (C=O) groups is 1. The van der Waals surface area contributed by atoms with Gasteiger partial charge < -0.3 is 9.84 Å². The van der Waals surface area contributed by atoms with Crippen molar-refractivity contribution in [2.45, 2.75) is 37.4 Å². The molecule has 0 heterocycles. The minimum atomic E-state index is -6.27. The van der Waals surface area contributed by atoms with Gasteiger partial charge in [-0.1, -0.05) is 12.1 Å². The molecule has 23 heavy (non-hydrogen) atoms. The molecule has 0 saturated carbocycles. The highest BCUT2D eigenvalue weighted by Crippen LogP contribution is 2.45. The fraction of sp³-hybridized carbons (Fsp3) is 0.462. The first-order valence-electron chi connectivity index (χ1n) is 5.98. The summed E-state index contributed by atoms with van der Waals surface area (Å²) in [6, 6.07) is 5.83. The molecule has 0 aromatic heterocycles. The van der Waals surface area contributed by atoms with E-state index >= 15 is 0 Å². The molecule has 3 nitrogen and oxygen atoms in total. The molecule has 0 fully saturated rings. The Hall–Kier alpha value is -1.04. The van der Waals surface area contributed by atoms with Crippen LogP contribution in [0, 0.1) is 3.57 Å². The Kier molecular flexibility index (Phi) is 5.32. The lowest BCUT2D eigenvalue weighted by molar-refractivity contribution is -0.359. The third kappa shape index (κ3) is 3.90. The molecule has 1 aromatic rings. The Morgan fingerprint density at radius 3 is 1.74 bits per heavy atom. The average Bonchev–Trinajstić information content (AvgIpc) is 2.34. The van der Waals surface area contributed by atoms with Crippen LogP contribution in [0.4, 0.5) is 26.3 Å². The van der Waals surface area contributed by atoms with E-state index in [0.717, 1.165) is 17.4 Å². The normalized spacial score (nSPS) is 13.8. The molecule has 0 aliphatic carbocycles. The summed E-state index contributed by atoms with van der Waals surface area (Å²) in [4.78, 5) is 11.5. The van der Waals surface area contributed by atoms with Gasteiger partial charge in [-0.2, -0.15) is 26.3 Å². The molecule has 0 aliphatic rings. The van der Waals surface area contributed by atoms with Gasteiger partial charge >= 0.3 is 23.9 Å². The van der Waals surface area contributed by atoms with Crippen LogP contribution in [0.25, 0.3) is 0 Å². The Bertz CT molecular complexity index is 563. The largest absolute Gasteiger partial charge is 0.452 e. The fourth-order valence-electron chi connectivity index (χ4n) is 1.61. The van der Waals surface area contributed by atoms with Crippen LogP contribution >= 0.6 is 22.6 Å². The average molecular weight is 456 g/mol. The topological polar surface area (TPSA) is 46.5 Å². The fourth-order valence-corrected chi connectivity index (χ4v) is 1.97. The second kappa shape index (κ2) is 6.11. The number of hydrogen-bond donors (Lipinski definition) is 1. The van der Waals surface area contributed by atoms with Crippen LogP contribution < -0.4 is 0 Å². The van der Waals surface area contributed by atoms with Gasteiger partial charge in [0.1, 0.15) is 5.60 Å². The molecule has 0 saturated heterocycles. The van der Waals surface area contributed by atoms with Crippen LogP contribution in [0.15, 0.2) is 24.3 Å². The summed E-state index contributed by atoms with van der Waals surface area (Å²) < 4.78 is 80.8. The third-order valence-electron chi connectivity index (χ3n) is 3.00. The third-order valence-corrected chi connectivity index (χ3v) is 3.72. The number of halogens is 7. The van der Waals surface area contributed by atoms with Gasteiger partial charge in [0.15, 0.2) is 0 Å². The summed E-state index contributed by atoms with van der Waals surface area (Å²) in [5.74, 6) is -2.83. The minimum Gasteiger partial charge on any atom is -0.452 e. The Labute approximate surface area is 140 Å². The predicted octanol–water partition coefficient (Wildman–Crippen LogP) is 3.93. The van der Waals surface area contributed by atoms with E-state index in [1.807, 2.05) is 22.6 Å². The van der Waals surface area contributed by atoms with E-state index in [4.69, 9.17) is 5.11 Å². The van der Waals surface area contributed by atoms with Gasteiger partial charge in [0.2, 0.25) is 0 Å². The van der Waals surface area contributed by atoms with Crippen molar-refractivity contribution < 1.29 is 41.0 Å². The molecule has 0 bridgehead atoms. The highest BCUT2D eigenvalue weighted by atomic mass is 127. The smallest absolute Gasteiger partial charge is 0.437 e. The van der Waals surface area contributed by atoms with E-state index < -0.39 is 29.5 Å². The van der Waals surface area contributed by atoms with Crippen molar-refractivity contribution in [1.29, 1.82) is 0 Å². The molecule has 1 rings (SSSR count). The van der Waals surface area contributed by atoms with E-state index in [1.54, 1.807) is 0 Å². The molecule has 0 spiro atoms. The summed E-state index contributed by atoms with van der Waals surface area (Å²) in [5.41, 5.74) is -7.25. The maximum Gasteiger partial charge on any atom is 0.437 e. The lowest BCUT2D eigenvalue weighted by Gasteiger charge is -2.34. The number of carbonyl (C=O) groups excluding carboxylic acids is 1. The summed E-state index contributed by atoms with van der Waals surface area (Å²) in [5, 5.41) is 8.98. The number of aliphatic hydroxyl groups is 1. The number of hydrogen-bond acceptors (Lipinski definition) is 3. The van der Waals surface area contributed by atoms with Crippen molar-refractivity contribution in [3.63, 3.8) is 0 Å². The molecule has 130 valence electrons. The Morgan fingerprint density at radius 1 is 1.00 bits per heavy atom. The van der Waals surface area contributed by atoms with Crippen molar-refractivity contribution >= 4 is 28.6 Å². The van der Waals surface area contributed by atoms with Crippen molar-refractivity contribution in [1.82, 2.24) is 0 Å². The first-order valence-corrected chi connectivity index (χ1v) is 7.06. The van der Waals surface area contributed by atoms with Gasteiger partial charge in [-0.15, -0.1) is 0 Å². The van der Waals surface area contributed by atoms with E-state index in [-0.39, 0.29) is 5.56 Å². The molecule has 0 aliphatic heterocycles. The van der Waals surface area contributed by atoms with Crippen molar-refractivity contribution in [2.75, 3.05) is 0 Å². The maximum atomic E-state index is 12.6. The predicted molar refractivity (Wildman–Crippen MR) is 75.3 cm³/mol. The zero-order valence-corrected chi connectivity index (χ0v) is 13.9. The molecule has 0 atom stereocenters. The molecule has 0 amide bonds. The number of alkyl halides is 6. The standard InChI is InChI=1S/C13H11F6IO3/c1-10(2,7-3-5-8(20)6-4-7)23-9(21)11(22,12(14,15)16)13(17,18)19/h3-6,22H,1-2H3.